The van der Waals surface area contributed by atoms with Gasteiger partial charge in [0.15, 0.2) is 0 Å². The third-order valence-corrected chi connectivity index (χ3v) is 1.37. The van der Waals surface area contributed by atoms with Crippen LogP contribution < -0.4 is 10.6 Å². The summed E-state index contributed by atoms with van der Waals surface area (Å²) in [6.07, 6.45) is 0.968. The fourth-order valence-corrected chi connectivity index (χ4v) is 0.806. The number of ether oxygens (including phenoxy) is 1. The largest absolute Gasteiger partial charge is 0.444 e. The van der Waals surface area contributed by atoms with Crippen LogP contribution in [0.3, 0.4) is 0 Å². The molecule has 1 aromatic carbocycles. The van der Waals surface area contributed by atoms with Gasteiger partial charge in [0.25, 0.3) is 5.69 Å². The number of benzene rings is 1. The summed E-state index contributed by atoms with van der Waals surface area (Å²) in [7, 11) is 0. The molecule has 0 bridgehead atoms. The smallest absolute Gasteiger partial charge is 0.273 e. The minimum atomic E-state index is -0.524. The highest BCUT2D eigenvalue weighted by Crippen LogP contribution is 2.18. The maximum absolute atomic E-state index is 10.4. The third kappa shape index (κ3) is 3.38. The van der Waals surface area contributed by atoms with E-state index in [1.54, 1.807) is 6.07 Å². The Bertz CT molecular complexity index is 403. The monoisotopic (exact) mass is 209 g/mol. The van der Waals surface area contributed by atoms with Gasteiger partial charge in [-0.15, -0.1) is 0 Å². The fourth-order valence-electron chi connectivity index (χ4n) is 0.806. The topological polar surface area (TPSA) is 115 Å². The van der Waals surface area contributed by atoms with E-state index >= 15 is 0 Å². The summed E-state index contributed by atoms with van der Waals surface area (Å²) < 4.78 is 4.89. The molecule has 0 aliphatic heterocycles. The van der Waals surface area contributed by atoms with Crippen LogP contribution in [0.4, 0.5) is 5.69 Å². The van der Waals surface area contributed by atoms with E-state index in [0.717, 1.165) is 6.40 Å². The van der Waals surface area contributed by atoms with Crippen LogP contribution in [0.15, 0.2) is 39.8 Å². The summed E-state index contributed by atoms with van der Waals surface area (Å²) in [5.41, 5.74) is -0.0682. The lowest BCUT2D eigenvalue weighted by Gasteiger charge is -1.97. The number of non-ortho nitro benzene ring substituents is 1. The Hall–Kier alpha value is -2.51. The zero-order valence-corrected chi connectivity index (χ0v) is 7.48. The van der Waals surface area contributed by atoms with Gasteiger partial charge in [-0.3, -0.25) is 10.1 Å². The van der Waals surface area contributed by atoms with Crippen molar-refractivity contribution in [1.29, 1.82) is 0 Å². The molecule has 0 atom stereocenters. The quantitative estimate of drug-likeness (QED) is 0.200. The van der Waals surface area contributed by atoms with E-state index in [1.165, 1.54) is 18.2 Å². The molecular weight excluding hydrogens is 202 g/mol. The molecule has 0 aromatic heterocycles. The Morgan fingerprint density at radius 2 is 2.33 bits per heavy atom. The van der Waals surface area contributed by atoms with Gasteiger partial charge >= 0.3 is 0 Å². The Kier molecular flexibility index (Phi) is 3.71. The van der Waals surface area contributed by atoms with Gasteiger partial charge in [0.2, 0.25) is 6.40 Å². The summed E-state index contributed by atoms with van der Waals surface area (Å²) in [4.78, 5) is 9.87. The van der Waals surface area contributed by atoms with Crippen LogP contribution in [-0.4, -0.2) is 11.3 Å². The summed E-state index contributed by atoms with van der Waals surface area (Å²) in [5, 5.41) is 19.6. The Balaban J connectivity index is 2.69. The molecule has 0 saturated carbocycles. The predicted octanol–water partition coefficient (Wildman–Crippen LogP) is 1.24. The molecule has 8 nitrogen and oxygen atoms in total. The summed E-state index contributed by atoms with van der Waals surface area (Å²) >= 11 is 0. The first-order valence-corrected chi connectivity index (χ1v) is 3.77. The van der Waals surface area contributed by atoms with Gasteiger partial charge in [-0.25, -0.2) is 0 Å². The molecule has 0 fully saturated rings. The van der Waals surface area contributed by atoms with Crippen molar-refractivity contribution in [2.24, 2.45) is 21.4 Å². The molecule has 0 saturated heterocycles. The van der Waals surface area contributed by atoms with E-state index in [1.807, 2.05) is 0 Å². The number of rotatable bonds is 4. The highest BCUT2D eigenvalue weighted by Gasteiger charge is 2.05. The first-order chi connectivity index (χ1) is 7.24. The summed E-state index contributed by atoms with van der Waals surface area (Å²) in [5.74, 6) is 4.95. The Labute approximate surface area is 84.2 Å². The molecule has 0 heterocycles. The summed E-state index contributed by atoms with van der Waals surface area (Å²) in [6, 6.07) is 5.64. The van der Waals surface area contributed by atoms with Gasteiger partial charge in [0.1, 0.15) is 5.75 Å². The highest BCUT2D eigenvalue weighted by atomic mass is 16.6. The molecular formula is C7H7N5O3. The number of nitro benzene ring substituents is 1. The number of hydrogen-bond acceptors (Lipinski definition) is 5. The number of nitro groups is 1. The van der Waals surface area contributed by atoms with Crippen molar-refractivity contribution in [3.63, 3.8) is 0 Å². The summed E-state index contributed by atoms with van der Waals surface area (Å²) in [6.45, 7) is 0. The van der Waals surface area contributed by atoms with Crippen molar-refractivity contribution in [1.82, 2.24) is 0 Å². The lowest BCUT2D eigenvalue weighted by atomic mass is 10.3. The predicted molar refractivity (Wildman–Crippen MR) is 51.3 cm³/mol. The average Bonchev–Trinajstić information content (AvgIpc) is 2.25. The zero-order chi connectivity index (χ0) is 11.1. The molecule has 1 rings (SSSR count). The van der Waals surface area contributed by atoms with Crippen LogP contribution in [0.25, 0.3) is 0 Å². The van der Waals surface area contributed by atoms with Gasteiger partial charge in [0.05, 0.1) is 11.0 Å². The first-order valence-electron chi connectivity index (χ1n) is 3.77. The standard InChI is InChI=1S/C7H7N5O3/c8-10-11-9-5-15-7-3-1-2-6(4-7)12(13)14/h1-5H,(H2,8,11)/b9-5+. The van der Waals surface area contributed by atoms with E-state index < -0.39 is 4.92 Å². The van der Waals surface area contributed by atoms with Crippen LogP contribution in [0.1, 0.15) is 0 Å². The van der Waals surface area contributed by atoms with Crippen molar-refractivity contribution in [3.05, 3.63) is 34.4 Å². The van der Waals surface area contributed by atoms with Crippen LogP contribution in [0, 0.1) is 10.1 Å². The second-order valence-corrected chi connectivity index (χ2v) is 2.30. The van der Waals surface area contributed by atoms with Crippen molar-refractivity contribution in [2.45, 2.75) is 0 Å². The fraction of sp³-hybridized carbons (Fsp3) is 0. The molecule has 0 amide bonds. The number of nitrogens with zero attached hydrogens (tertiary/aromatic N) is 4. The minimum Gasteiger partial charge on any atom is -0.444 e. The molecule has 0 unspecified atom stereocenters. The molecule has 0 aliphatic carbocycles. The average molecular weight is 209 g/mol. The molecule has 8 heteroatoms. The van der Waals surface area contributed by atoms with E-state index in [2.05, 4.69) is 21.4 Å². The van der Waals surface area contributed by atoms with E-state index in [0.29, 0.717) is 0 Å². The van der Waals surface area contributed by atoms with Crippen molar-refractivity contribution < 1.29 is 9.66 Å². The maximum Gasteiger partial charge on any atom is 0.273 e. The SMILES string of the molecule is N/N=N/N=C/Oc1cccc([N+](=O)[O-])c1. The van der Waals surface area contributed by atoms with Crippen LogP contribution in [0.5, 0.6) is 5.75 Å². The zero-order valence-electron chi connectivity index (χ0n) is 7.48. The number of hydrogen-bond donors (Lipinski definition) is 1. The van der Waals surface area contributed by atoms with Crippen LogP contribution in [-0.2, 0) is 0 Å². The van der Waals surface area contributed by atoms with E-state index in [9.17, 15) is 10.1 Å². The molecule has 0 radical (unpaired) electrons. The maximum atomic E-state index is 10.4. The van der Waals surface area contributed by atoms with Gasteiger partial charge in [-0.05, 0) is 11.3 Å². The highest BCUT2D eigenvalue weighted by molar-refractivity contribution is 5.53. The van der Waals surface area contributed by atoms with Gasteiger partial charge in [-0.2, -0.15) is 0 Å². The molecule has 0 spiro atoms. The molecule has 15 heavy (non-hydrogen) atoms. The van der Waals surface area contributed by atoms with Gasteiger partial charge < -0.3 is 10.6 Å². The Morgan fingerprint density at radius 1 is 1.53 bits per heavy atom. The van der Waals surface area contributed by atoms with Gasteiger partial charge in [0, 0.05) is 6.07 Å². The van der Waals surface area contributed by atoms with Crippen LogP contribution in [0.2, 0.25) is 0 Å². The van der Waals surface area contributed by atoms with E-state index in [4.69, 9.17) is 4.74 Å². The third-order valence-electron chi connectivity index (χ3n) is 1.37. The number of nitrogens with two attached hydrogens (primary N) is 1. The minimum absolute atomic E-state index is 0.0682. The normalized spacial score (nSPS) is 10.9. The molecule has 0 aliphatic rings. The van der Waals surface area contributed by atoms with Crippen molar-refractivity contribution >= 4 is 12.1 Å². The second-order valence-electron chi connectivity index (χ2n) is 2.30. The van der Waals surface area contributed by atoms with Crippen molar-refractivity contribution in [2.75, 3.05) is 0 Å². The second kappa shape index (κ2) is 5.27. The first kappa shape index (κ1) is 10.6. The molecule has 78 valence electrons. The Morgan fingerprint density at radius 3 is 3.00 bits per heavy atom. The molecule has 1 aromatic rings. The lowest BCUT2D eigenvalue weighted by Crippen LogP contribution is -1.91. The lowest BCUT2D eigenvalue weighted by molar-refractivity contribution is -0.384. The molecule has 2 N–H and O–H groups in total. The van der Waals surface area contributed by atoms with E-state index in [-0.39, 0.29) is 11.4 Å². The van der Waals surface area contributed by atoms with Crippen molar-refractivity contribution in [3.8, 4) is 5.75 Å². The van der Waals surface area contributed by atoms with Crippen LogP contribution >= 0.6 is 0 Å². The van der Waals surface area contributed by atoms with Gasteiger partial charge in [-0.1, -0.05) is 16.4 Å².